The van der Waals surface area contributed by atoms with E-state index < -0.39 is 11.9 Å². The fourth-order valence-corrected chi connectivity index (χ4v) is 1.73. The highest BCUT2D eigenvalue weighted by molar-refractivity contribution is 6.30. The molecule has 0 aliphatic heterocycles. The van der Waals surface area contributed by atoms with E-state index in [1.54, 1.807) is 18.2 Å². The highest BCUT2D eigenvalue weighted by Gasteiger charge is 2.12. The summed E-state index contributed by atoms with van der Waals surface area (Å²) >= 11 is 5.59. The summed E-state index contributed by atoms with van der Waals surface area (Å²) in [6.07, 6.45) is -0.631. The molecule has 100 valence electrons. The summed E-state index contributed by atoms with van der Waals surface area (Å²) in [6.45, 7) is 0. The zero-order chi connectivity index (χ0) is 13.8. The van der Waals surface area contributed by atoms with Crippen LogP contribution in [-0.4, -0.2) is 22.4 Å². The van der Waals surface area contributed by atoms with E-state index in [9.17, 15) is 9.50 Å². The second kappa shape index (κ2) is 5.95. The lowest BCUT2D eigenvalue weighted by Gasteiger charge is -2.10. The third-order valence-electron chi connectivity index (χ3n) is 2.62. The first-order chi connectivity index (χ1) is 9.10. The van der Waals surface area contributed by atoms with Crippen LogP contribution in [0, 0.1) is 5.82 Å². The maximum atomic E-state index is 13.3. The lowest BCUT2D eigenvalue weighted by atomic mass is 10.1. The van der Waals surface area contributed by atoms with Crippen molar-refractivity contribution in [2.75, 3.05) is 7.11 Å². The fraction of sp³-hybridized carbons (Fsp3) is 0.231. The van der Waals surface area contributed by atoms with Gasteiger partial charge < -0.3 is 9.84 Å². The zero-order valence-corrected chi connectivity index (χ0v) is 10.9. The Balaban J connectivity index is 2.10. The van der Waals surface area contributed by atoms with E-state index in [1.165, 1.54) is 19.2 Å². The SMILES string of the molecule is COc1ccc(C(O)Cc2ccc(Cl)c(F)c2)nn1. The smallest absolute Gasteiger partial charge is 0.233 e. The molecule has 0 bridgehead atoms. The molecule has 1 heterocycles. The van der Waals surface area contributed by atoms with Gasteiger partial charge in [-0.2, -0.15) is 0 Å². The van der Waals surface area contributed by atoms with E-state index in [0.29, 0.717) is 17.1 Å². The first-order valence-electron chi connectivity index (χ1n) is 5.59. The normalized spacial score (nSPS) is 12.2. The molecule has 4 nitrogen and oxygen atoms in total. The minimum absolute atomic E-state index is 0.0579. The monoisotopic (exact) mass is 282 g/mol. The second-order valence-electron chi connectivity index (χ2n) is 3.97. The number of ether oxygens (including phenoxy) is 1. The van der Waals surface area contributed by atoms with Gasteiger partial charge in [0.05, 0.1) is 17.8 Å². The van der Waals surface area contributed by atoms with Gasteiger partial charge in [0.25, 0.3) is 0 Å². The van der Waals surface area contributed by atoms with Crippen LogP contribution in [0.3, 0.4) is 0 Å². The molecule has 1 N–H and O–H groups in total. The summed E-state index contributed by atoms with van der Waals surface area (Å²) in [5.41, 5.74) is 1.03. The molecule has 0 saturated heterocycles. The number of aliphatic hydroxyl groups excluding tert-OH is 1. The Kier molecular flexibility index (Phi) is 4.29. The number of rotatable bonds is 4. The summed E-state index contributed by atoms with van der Waals surface area (Å²) in [5, 5.41) is 17.7. The molecule has 6 heteroatoms. The number of hydrogen-bond acceptors (Lipinski definition) is 4. The van der Waals surface area contributed by atoms with Crippen LogP contribution in [0.4, 0.5) is 4.39 Å². The maximum absolute atomic E-state index is 13.3. The predicted octanol–water partition coefficient (Wildman–Crippen LogP) is 2.55. The minimum Gasteiger partial charge on any atom is -0.480 e. The average Bonchev–Trinajstić information content (AvgIpc) is 2.43. The lowest BCUT2D eigenvalue weighted by molar-refractivity contribution is 0.172. The molecule has 0 aliphatic carbocycles. The Morgan fingerprint density at radius 3 is 2.68 bits per heavy atom. The van der Waals surface area contributed by atoms with Crippen LogP contribution in [-0.2, 0) is 6.42 Å². The zero-order valence-electron chi connectivity index (χ0n) is 10.2. The lowest BCUT2D eigenvalue weighted by Crippen LogP contribution is -2.06. The third kappa shape index (κ3) is 3.39. The minimum atomic E-state index is -0.862. The Bertz CT molecular complexity index is 563. The summed E-state index contributed by atoms with van der Waals surface area (Å²) in [6, 6.07) is 7.63. The van der Waals surface area contributed by atoms with Crippen molar-refractivity contribution in [2.24, 2.45) is 0 Å². The van der Waals surface area contributed by atoms with Crippen molar-refractivity contribution in [3.05, 3.63) is 52.4 Å². The van der Waals surface area contributed by atoms with Crippen molar-refractivity contribution >= 4 is 11.6 Å². The molecule has 2 aromatic rings. The Labute approximate surface area is 114 Å². The summed E-state index contributed by atoms with van der Waals surface area (Å²) < 4.78 is 18.1. The molecule has 0 fully saturated rings. The molecular weight excluding hydrogens is 271 g/mol. The van der Waals surface area contributed by atoms with Crippen LogP contribution in [0.1, 0.15) is 17.4 Å². The van der Waals surface area contributed by atoms with Crippen molar-refractivity contribution in [2.45, 2.75) is 12.5 Å². The Morgan fingerprint density at radius 1 is 1.32 bits per heavy atom. The number of aliphatic hydroxyl groups is 1. The highest BCUT2D eigenvalue weighted by atomic mass is 35.5. The maximum Gasteiger partial charge on any atom is 0.233 e. The predicted molar refractivity (Wildman–Crippen MR) is 68.7 cm³/mol. The molecule has 0 aliphatic rings. The van der Waals surface area contributed by atoms with Crippen LogP contribution in [0.2, 0.25) is 5.02 Å². The Hall–Kier alpha value is -1.72. The highest BCUT2D eigenvalue weighted by Crippen LogP contribution is 2.21. The van der Waals surface area contributed by atoms with Crippen LogP contribution in [0.25, 0.3) is 0 Å². The van der Waals surface area contributed by atoms with Crippen LogP contribution in [0.5, 0.6) is 5.88 Å². The van der Waals surface area contributed by atoms with E-state index in [1.807, 2.05) is 0 Å². The van der Waals surface area contributed by atoms with Gasteiger partial charge in [0.15, 0.2) is 0 Å². The molecule has 1 atom stereocenters. The van der Waals surface area contributed by atoms with Gasteiger partial charge in [-0.1, -0.05) is 17.7 Å². The van der Waals surface area contributed by atoms with Crippen molar-refractivity contribution < 1.29 is 14.2 Å². The van der Waals surface area contributed by atoms with Gasteiger partial charge >= 0.3 is 0 Å². The van der Waals surface area contributed by atoms with Gasteiger partial charge in [-0.3, -0.25) is 0 Å². The number of methoxy groups -OCH3 is 1. The fourth-order valence-electron chi connectivity index (χ4n) is 1.61. The number of benzene rings is 1. The van der Waals surface area contributed by atoms with E-state index in [4.69, 9.17) is 16.3 Å². The molecule has 1 unspecified atom stereocenters. The third-order valence-corrected chi connectivity index (χ3v) is 2.93. The first-order valence-corrected chi connectivity index (χ1v) is 5.97. The summed E-state index contributed by atoms with van der Waals surface area (Å²) in [7, 11) is 1.48. The molecule has 19 heavy (non-hydrogen) atoms. The largest absolute Gasteiger partial charge is 0.480 e. The topological polar surface area (TPSA) is 55.2 Å². The molecule has 0 amide bonds. The van der Waals surface area contributed by atoms with Gasteiger partial charge in [-0.25, -0.2) is 4.39 Å². The summed E-state index contributed by atoms with van der Waals surface area (Å²) in [4.78, 5) is 0. The number of halogens is 2. The number of aromatic nitrogens is 2. The number of hydrogen-bond donors (Lipinski definition) is 1. The summed E-state index contributed by atoms with van der Waals surface area (Å²) in [5.74, 6) is -0.138. The quantitative estimate of drug-likeness (QED) is 0.936. The molecule has 2 rings (SSSR count). The molecule has 0 spiro atoms. The average molecular weight is 283 g/mol. The van der Waals surface area contributed by atoms with Gasteiger partial charge in [-0.05, 0) is 23.8 Å². The molecule has 1 aromatic heterocycles. The molecule has 1 aromatic carbocycles. The van der Waals surface area contributed by atoms with Crippen LogP contribution in [0.15, 0.2) is 30.3 Å². The van der Waals surface area contributed by atoms with Crippen LogP contribution >= 0.6 is 11.6 Å². The van der Waals surface area contributed by atoms with E-state index in [0.717, 1.165) is 0 Å². The van der Waals surface area contributed by atoms with Crippen molar-refractivity contribution in [1.82, 2.24) is 10.2 Å². The van der Waals surface area contributed by atoms with Crippen LogP contribution < -0.4 is 4.74 Å². The van der Waals surface area contributed by atoms with Crippen molar-refractivity contribution in [3.8, 4) is 5.88 Å². The van der Waals surface area contributed by atoms with Crippen molar-refractivity contribution in [3.63, 3.8) is 0 Å². The standard InChI is InChI=1S/C13H12ClFN2O2/c1-19-13-5-4-11(16-17-13)12(18)7-8-2-3-9(14)10(15)6-8/h2-6,12,18H,7H2,1H3. The Morgan fingerprint density at radius 2 is 2.11 bits per heavy atom. The van der Waals surface area contributed by atoms with Gasteiger partial charge in [-0.15, -0.1) is 10.2 Å². The molecule has 0 saturated carbocycles. The first kappa shape index (κ1) is 13.7. The number of nitrogens with zero attached hydrogens (tertiary/aromatic N) is 2. The second-order valence-corrected chi connectivity index (χ2v) is 4.38. The van der Waals surface area contributed by atoms with Crippen molar-refractivity contribution in [1.29, 1.82) is 0 Å². The van der Waals surface area contributed by atoms with E-state index in [2.05, 4.69) is 10.2 Å². The van der Waals surface area contributed by atoms with Gasteiger partial charge in [0, 0.05) is 12.5 Å². The molecular formula is C13H12ClFN2O2. The molecule has 0 radical (unpaired) electrons. The van der Waals surface area contributed by atoms with Gasteiger partial charge in [0.2, 0.25) is 5.88 Å². The van der Waals surface area contributed by atoms with Gasteiger partial charge in [0.1, 0.15) is 11.9 Å². The van der Waals surface area contributed by atoms with E-state index >= 15 is 0 Å². The van der Waals surface area contributed by atoms with E-state index in [-0.39, 0.29) is 11.4 Å².